The normalized spacial score (nSPS) is 17.5. The number of aromatic nitrogens is 3. The molecule has 7 heteroatoms. The Morgan fingerprint density at radius 1 is 1.50 bits per heavy atom. The van der Waals surface area contributed by atoms with Crippen molar-refractivity contribution in [1.82, 2.24) is 19.7 Å². The molecule has 1 saturated heterocycles. The van der Waals surface area contributed by atoms with E-state index in [-0.39, 0.29) is 18.1 Å². The third kappa shape index (κ3) is 3.70. The molecule has 1 aliphatic heterocycles. The number of ether oxygens (including phenoxy) is 1. The summed E-state index contributed by atoms with van der Waals surface area (Å²) < 4.78 is 7.38. The van der Waals surface area contributed by atoms with Gasteiger partial charge in [-0.15, -0.1) is 0 Å². The molecule has 128 valence electrons. The van der Waals surface area contributed by atoms with Crippen LogP contribution in [-0.2, 0) is 6.54 Å². The first-order valence-electron chi connectivity index (χ1n) is 8.15. The molecule has 0 spiro atoms. The number of carbonyl (C=O) groups excluding carboxylic acids is 1. The monoisotopic (exact) mass is 348 g/mol. The molecule has 0 bridgehead atoms. The van der Waals surface area contributed by atoms with Crippen molar-refractivity contribution in [2.24, 2.45) is 0 Å². The predicted molar refractivity (Wildman–Crippen MR) is 91.3 cm³/mol. The number of halogens is 1. The molecule has 2 aromatic rings. The van der Waals surface area contributed by atoms with Crippen molar-refractivity contribution in [2.75, 3.05) is 6.54 Å². The van der Waals surface area contributed by atoms with Gasteiger partial charge in [0.05, 0.1) is 24.3 Å². The van der Waals surface area contributed by atoms with Gasteiger partial charge in [0.2, 0.25) is 5.88 Å². The first-order valence-corrected chi connectivity index (χ1v) is 8.53. The van der Waals surface area contributed by atoms with Gasteiger partial charge in [-0.2, -0.15) is 5.10 Å². The fourth-order valence-electron chi connectivity index (χ4n) is 2.94. The average molecular weight is 349 g/mol. The largest absolute Gasteiger partial charge is 0.474 e. The lowest BCUT2D eigenvalue weighted by Crippen LogP contribution is -2.38. The smallest absolute Gasteiger partial charge is 0.255 e. The van der Waals surface area contributed by atoms with E-state index in [0.29, 0.717) is 23.0 Å². The summed E-state index contributed by atoms with van der Waals surface area (Å²) in [6.45, 7) is 5.25. The van der Waals surface area contributed by atoms with Crippen molar-refractivity contribution in [3.05, 3.63) is 41.3 Å². The number of likely N-dealkylation sites (tertiary alicyclic amines) is 1. The van der Waals surface area contributed by atoms with Crippen molar-refractivity contribution in [2.45, 2.75) is 45.4 Å². The molecule has 1 fully saturated rings. The van der Waals surface area contributed by atoms with E-state index in [4.69, 9.17) is 16.3 Å². The predicted octanol–water partition coefficient (Wildman–Crippen LogP) is 3.02. The second-order valence-corrected chi connectivity index (χ2v) is 6.61. The standard InChI is InChI=1S/C17H21ClN4O2/c1-12(2)24-16-15(18)9-13(10-19-16)17(23)22-8-3-5-14(22)11-21-7-4-6-20-21/h4,6-7,9-10,12,14H,3,5,8,11H2,1-2H3/t14-/m1/s1. The Hall–Kier alpha value is -2.08. The summed E-state index contributed by atoms with van der Waals surface area (Å²) in [4.78, 5) is 18.9. The van der Waals surface area contributed by atoms with E-state index < -0.39 is 0 Å². The summed E-state index contributed by atoms with van der Waals surface area (Å²) in [7, 11) is 0. The topological polar surface area (TPSA) is 60.2 Å². The summed E-state index contributed by atoms with van der Waals surface area (Å²) in [5.41, 5.74) is 0.489. The van der Waals surface area contributed by atoms with Crippen molar-refractivity contribution >= 4 is 17.5 Å². The van der Waals surface area contributed by atoms with Crippen LogP contribution in [0.25, 0.3) is 0 Å². The summed E-state index contributed by atoms with van der Waals surface area (Å²) in [5.74, 6) is 0.313. The van der Waals surface area contributed by atoms with E-state index in [2.05, 4.69) is 10.1 Å². The number of hydrogen-bond donors (Lipinski definition) is 0. The third-order valence-corrected chi connectivity index (χ3v) is 4.27. The van der Waals surface area contributed by atoms with E-state index in [1.807, 2.05) is 35.7 Å². The van der Waals surface area contributed by atoms with Gasteiger partial charge in [-0.3, -0.25) is 9.48 Å². The molecule has 0 radical (unpaired) electrons. The van der Waals surface area contributed by atoms with Crippen LogP contribution < -0.4 is 4.74 Å². The zero-order chi connectivity index (χ0) is 17.1. The van der Waals surface area contributed by atoms with Gasteiger partial charge < -0.3 is 9.64 Å². The van der Waals surface area contributed by atoms with Crippen LogP contribution in [0.15, 0.2) is 30.7 Å². The lowest BCUT2D eigenvalue weighted by Gasteiger charge is -2.25. The SMILES string of the molecule is CC(C)Oc1ncc(C(=O)N2CCC[C@@H]2Cn2cccn2)cc1Cl. The molecule has 0 N–H and O–H groups in total. The average Bonchev–Trinajstić information content (AvgIpc) is 3.20. The van der Waals surface area contributed by atoms with E-state index in [1.54, 1.807) is 12.3 Å². The molecule has 0 aromatic carbocycles. The zero-order valence-corrected chi connectivity index (χ0v) is 14.6. The number of rotatable bonds is 5. The van der Waals surface area contributed by atoms with Crippen molar-refractivity contribution in [3.8, 4) is 5.88 Å². The molecular weight excluding hydrogens is 328 g/mol. The molecule has 0 saturated carbocycles. The van der Waals surface area contributed by atoms with Crippen molar-refractivity contribution in [3.63, 3.8) is 0 Å². The Morgan fingerprint density at radius 2 is 2.33 bits per heavy atom. The number of nitrogens with zero attached hydrogens (tertiary/aromatic N) is 4. The van der Waals surface area contributed by atoms with Crippen LogP contribution >= 0.6 is 11.6 Å². The number of pyridine rings is 1. The lowest BCUT2D eigenvalue weighted by atomic mass is 10.2. The van der Waals surface area contributed by atoms with Gasteiger partial charge in [0.15, 0.2) is 0 Å². The molecule has 3 heterocycles. The Bertz CT molecular complexity index is 703. The maximum atomic E-state index is 12.8. The second-order valence-electron chi connectivity index (χ2n) is 6.20. The van der Waals surface area contributed by atoms with Crippen molar-refractivity contribution in [1.29, 1.82) is 0 Å². The first-order chi connectivity index (χ1) is 11.5. The summed E-state index contributed by atoms with van der Waals surface area (Å²) in [6.07, 6.45) is 7.15. The summed E-state index contributed by atoms with van der Waals surface area (Å²) in [5, 5.41) is 4.59. The van der Waals surface area contributed by atoms with Gasteiger partial charge in [-0.25, -0.2) is 4.98 Å². The Kier molecular flexibility index (Phi) is 5.04. The molecule has 0 unspecified atom stereocenters. The number of hydrogen-bond acceptors (Lipinski definition) is 4. The minimum Gasteiger partial charge on any atom is -0.474 e. The fraction of sp³-hybridized carbons (Fsp3) is 0.471. The number of amides is 1. The fourth-order valence-corrected chi connectivity index (χ4v) is 3.15. The number of carbonyl (C=O) groups is 1. The van der Waals surface area contributed by atoms with Crippen LogP contribution in [0.5, 0.6) is 5.88 Å². The molecule has 24 heavy (non-hydrogen) atoms. The van der Waals surface area contributed by atoms with Crippen LogP contribution in [0, 0.1) is 0 Å². The van der Waals surface area contributed by atoms with Gasteiger partial charge in [-0.1, -0.05) is 11.6 Å². The second kappa shape index (κ2) is 7.21. The molecule has 6 nitrogen and oxygen atoms in total. The minimum atomic E-state index is -0.0462. The highest BCUT2D eigenvalue weighted by molar-refractivity contribution is 6.32. The van der Waals surface area contributed by atoms with Crippen LogP contribution in [0.1, 0.15) is 37.0 Å². The van der Waals surface area contributed by atoms with Crippen molar-refractivity contribution < 1.29 is 9.53 Å². The molecule has 1 amide bonds. The van der Waals surface area contributed by atoms with E-state index in [1.165, 1.54) is 6.20 Å². The Labute approximate surface area is 146 Å². The molecule has 1 aliphatic rings. The van der Waals surface area contributed by atoms with Gasteiger partial charge in [0, 0.05) is 25.1 Å². The van der Waals surface area contributed by atoms with E-state index >= 15 is 0 Å². The van der Waals surface area contributed by atoms with Crippen LogP contribution in [0.2, 0.25) is 5.02 Å². The van der Waals surface area contributed by atoms with Gasteiger partial charge in [0.25, 0.3) is 5.91 Å². The molecule has 2 aromatic heterocycles. The molecule has 0 aliphatic carbocycles. The highest BCUT2D eigenvalue weighted by Gasteiger charge is 2.30. The summed E-state index contributed by atoms with van der Waals surface area (Å²) in [6, 6.07) is 3.67. The van der Waals surface area contributed by atoms with Gasteiger partial charge in [-0.05, 0) is 38.8 Å². The quantitative estimate of drug-likeness (QED) is 0.833. The Morgan fingerprint density at radius 3 is 3.00 bits per heavy atom. The maximum absolute atomic E-state index is 12.8. The Balaban J connectivity index is 1.74. The zero-order valence-electron chi connectivity index (χ0n) is 13.9. The van der Waals surface area contributed by atoms with E-state index in [0.717, 1.165) is 19.4 Å². The van der Waals surface area contributed by atoms with Crippen LogP contribution in [0.3, 0.4) is 0 Å². The van der Waals surface area contributed by atoms with Gasteiger partial charge in [0.1, 0.15) is 5.02 Å². The maximum Gasteiger partial charge on any atom is 0.255 e. The highest BCUT2D eigenvalue weighted by Crippen LogP contribution is 2.26. The van der Waals surface area contributed by atoms with Gasteiger partial charge >= 0.3 is 0 Å². The molecule has 1 atom stereocenters. The first kappa shape index (κ1) is 16.8. The molecule has 3 rings (SSSR count). The summed E-state index contributed by atoms with van der Waals surface area (Å²) >= 11 is 6.20. The van der Waals surface area contributed by atoms with Crippen LogP contribution in [-0.4, -0.2) is 44.3 Å². The minimum absolute atomic E-state index is 0.0198. The van der Waals surface area contributed by atoms with E-state index in [9.17, 15) is 4.79 Å². The highest BCUT2D eigenvalue weighted by atomic mass is 35.5. The molecular formula is C17H21ClN4O2. The van der Waals surface area contributed by atoms with Crippen LogP contribution in [0.4, 0.5) is 0 Å². The third-order valence-electron chi connectivity index (χ3n) is 4.00. The lowest BCUT2D eigenvalue weighted by molar-refractivity contribution is 0.0721.